The van der Waals surface area contributed by atoms with Gasteiger partial charge in [-0.2, -0.15) is 8.78 Å². The summed E-state index contributed by atoms with van der Waals surface area (Å²) in [5.74, 6) is -1.59. The number of ether oxygens (including phenoxy) is 2. The molecule has 2 aromatic rings. The third kappa shape index (κ3) is 6.73. The number of anilines is 2. The molecule has 0 bridgehead atoms. The zero-order chi connectivity index (χ0) is 19.8. The van der Waals surface area contributed by atoms with Crippen LogP contribution in [0.1, 0.15) is 17.3 Å². The molecule has 0 heterocycles. The Kier molecular flexibility index (Phi) is 6.81. The zero-order valence-corrected chi connectivity index (χ0v) is 14.2. The van der Waals surface area contributed by atoms with E-state index in [0.29, 0.717) is 11.4 Å². The summed E-state index contributed by atoms with van der Waals surface area (Å²) < 4.78 is 33.2. The Labute approximate surface area is 153 Å². The van der Waals surface area contributed by atoms with Crippen LogP contribution in [-0.2, 0) is 14.3 Å². The van der Waals surface area contributed by atoms with Crippen LogP contribution in [0.3, 0.4) is 0 Å². The number of hydrogen-bond donors (Lipinski definition) is 2. The number of hydrogen-bond acceptors (Lipinski definition) is 5. The van der Waals surface area contributed by atoms with Crippen LogP contribution in [0.2, 0.25) is 0 Å². The minimum absolute atomic E-state index is 0.0443. The Balaban J connectivity index is 1.82. The topological polar surface area (TPSA) is 93.7 Å². The Hall–Kier alpha value is -3.49. The van der Waals surface area contributed by atoms with Crippen LogP contribution in [0.5, 0.6) is 5.75 Å². The Morgan fingerprint density at radius 1 is 0.926 bits per heavy atom. The van der Waals surface area contributed by atoms with Crippen molar-refractivity contribution in [1.29, 1.82) is 0 Å². The summed E-state index contributed by atoms with van der Waals surface area (Å²) in [6, 6.07) is 11.2. The average Bonchev–Trinajstić information content (AvgIpc) is 2.61. The lowest BCUT2D eigenvalue weighted by Crippen LogP contribution is -2.21. The maximum atomic E-state index is 12.1. The molecule has 7 nitrogen and oxygen atoms in total. The molecule has 0 aromatic heterocycles. The molecular weight excluding hydrogens is 362 g/mol. The highest BCUT2D eigenvalue weighted by atomic mass is 19.3. The molecule has 142 valence electrons. The van der Waals surface area contributed by atoms with E-state index in [-0.39, 0.29) is 17.2 Å². The number of halogens is 2. The largest absolute Gasteiger partial charge is 0.452 e. The van der Waals surface area contributed by atoms with Gasteiger partial charge in [-0.3, -0.25) is 9.59 Å². The van der Waals surface area contributed by atoms with Crippen LogP contribution in [0.25, 0.3) is 0 Å². The molecule has 0 radical (unpaired) electrons. The highest BCUT2D eigenvalue weighted by Gasteiger charge is 2.11. The van der Waals surface area contributed by atoms with Crippen LogP contribution >= 0.6 is 0 Å². The number of alkyl halides is 2. The Morgan fingerprint density at radius 2 is 1.48 bits per heavy atom. The molecule has 2 rings (SSSR count). The van der Waals surface area contributed by atoms with Gasteiger partial charge in [0.2, 0.25) is 5.91 Å². The molecule has 2 N–H and O–H groups in total. The van der Waals surface area contributed by atoms with Crippen LogP contribution in [-0.4, -0.2) is 31.0 Å². The molecule has 0 spiro atoms. The van der Waals surface area contributed by atoms with Gasteiger partial charge in [0.05, 0.1) is 5.56 Å². The van der Waals surface area contributed by atoms with Crippen molar-refractivity contribution in [2.45, 2.75) is 13.5 Å². The van der Waals surface area contributed by atoms with E-state index in [4.69, 9.17) is 4.74 Å². The van der Waals surface area contributed by atoms with Gasteiger partial charge < -0.3 is 20.1 Å². The van der Waals surface area contributed by atoms with Gasteiger partial charge in [0, 0.05) is 18.3 Å². The summed E-state index contributed by atoms with van der Waals surface area (Å²) in [7, 11) is 0. The van der Waals surface area contributed by atoms with Crippen molar-refractivity contribution >= 4 is 29.2 Å². The van der Waals surface area contributed by atoms with Gasteiger partial charge in [-0.15, -0.1) is 0 Å². The van der Waals surface area contributed by atoms with Crippen LogP contribution in [0, 0.1) is 0 Å². The third-order valence-electron chi connectivity index (χ3n) is 3.14. The molecule has 2 aromatic carbocycles. The number of rotatable bonds is 7. The molecule has 2 amide bonds. The molecular formula is C18H16F2N2O5. The van der Waals surface area contributed by atoms with Crippen molar-refractivity contribution in [2.75, 3.05) is 17.2 Å². The maximum absolute atomic E-state index is 12.1. The molecule has 0 saturated heterocycles. The van der Waals surface area contributed by atoms with Crippen molar-refractivity contribution in [3.05, 3.63) is 54.1 Å². The minimum atomic E-state index is -2.93. The van der Waals surface area contributed by atoms with Crippen molar-refractivity contribution in [3.63, 3.8) is 0 Å². The third-order valence-corrected chi connectivity index (χ3v) is 3.14. The summed E-state index contributed by atoms with van der Waals surface area (Å²) >= 11 is 0. The molecule has 0 aliphatic carbocycles. The smallest absolute Gasteiger partial charge is 0.387 e. The van der Waals surface area contributed by atoms with Crippen molar-refractivity contribution in [3.8, 4) is 5.75 Å². The lowest BCUT2D eigenvalue weighted by molar-refractivity contribution is -0.119. The Bertz CT molecular complexity index is 808. The fraction of sp³-hybridized carbons (Fsp3) is 0.167. The molecule has 0 aliphatic heterocycles. The maximum Gasteiger partial charge on any atom is 0.387 e. The summed E-state index contributed by atoms with van der Waals surface area (Å²) in [6.07, 6.45) is 0. The number of nitrogens with one attached hydrogen (secondary N) is 2. The number of carbonyl (C=O) groups is 3. The van der Waals surface area contributed by atoms with Gasteiger partial charge in [-0.05, 0) is 48.5 Å². The first kappa shape index (κ1) is 19.8. The van der Waals surface area contributed by atoms with Crippen molar-refractivity contribution in [2.24, 2.45) is 0 Å². The first-order valence-corrected chi connectivity index (χ1v) is 7.73. The first-order valence-electron chi connectivity index (χ1n) is 7.73. The second-order valence-electron chi connectivity index (χ2n) is 5.29. The Morgan fingerprint density at radius 3 is 2.04 bits per heavy atom. The monoisotopic (exact) mass is 378 g/mol. The number of benzene rings is 2. The zero-order valence-electron chi connectivity index (χ0n) is 14.2. The molecule has 0 unspecified atom stereocenters. The van der Waals surface area contributed by atoms with E-state index < -0.39 is 25.1 Å². The summed E-state index contributed by atoms with van der Waals surface area (Å²) in [5.41, 5.74) is 1.07. The first-order chi connectivity index (χ1) is 12.8. The van der Waals surface area contributed by atoms with Crippen LogP contribution in [0.4, 0.5) is 20.2 Å². The number of carbonyl (C=O) groups excluding carboxylic acids is 3. The molecule has 0 saturated carbocycles. The highest BCUT2D eigenvalue weighted by molar-refractivity contribution is 5.96. The van der Waals surface area contributed by atoms with Gasteiger partial charge >= 0.3 is 12.6 Å². The minimum Gasteiger partial charge on any atom is -0.452 e. The SMILES string of the molecule is CC(=O)Nc1ccc(C(=O)OCC(=O)Nc2ccc(OC(F)F)cc2)cc1. The van der Waals surface area contributed by atoms with E-state index >= 15 is 0 Å². The lowest BCUT2D eigenvalue weighted by atomic mass is 10.2. The normalized spacial score (nSPS) is 10.2. The molecule has 9 heteroatoms. The quantitative estimate of drug-likeness (QED) is 0.723. The van der Waals surface area contributed by atoms with Crippen LogP contribution < -0.4 is 15.4 Å². The van der Waals surface area contributed by atoms with E-state index in [1.54, 1.807) is 0 Å². The standard InChI is InChI=1S/C18H16F2N2O5/c1-11(23)21-13-4-2-12(3-5-13)17(25)26-10-16(24)22-14-6-8-15(9-7-14)27-18(19)20/h2-9,18H,10H2,1H3,(H,21,23)(H,22,24). The van der Waals surface area contributed by atoms with E-state index in [2.05, 4.69) is 15.4 Å². The summed E-state index contributed by atoms with van der Waals surface area (Å²) in [6.45, 7) is -2.10. The summed E-state index contributed by atoms with van der Waals surface area (Å²) in [4.78, 5) is 34.6. The van der Waals surface area contributed by atoms with E-state index in [9.17, 15) is 23.2 Å². The molecule has 0 fully saturated rings. The summed E-state index contributed by atoms with van der Waals surface area (Å²) in [5, 5.41) is 5.01. The van der Waals surface area contributed by atoms with Gasteiger partial charge in [0.15, 0.2) is 6.61 Å². The molecule has 27 heavy (non-hydrogen) atoms. The van der Waals surface area contributed by atoms with E-state index in [0.717, 1.165) is 0 Å². The fourth-order valence-corrected chi connectivity index (χ4v) is 2.02. The van der Waals surface area contributed by atoms with E-state index in [1.807, 2.05) is 0 Å². The second kappa shape index (κ2) is 9.27. The van der Waals surface area contributed by atoms with Gasteiger partial charge in [-0.25, -0.2) is 4.79 Å². The van der Waals surface area contributed by atoms with Gasteiger partial charge in [-0.1, -0.05) is 0 Å². The second-order valence-corrected chi connectivity index (χ2v) is 5.29. The van der Waals surface area contributed by atoms with Crippen molar-refractivity contribution < 1.29 is 32.6 Å². The number of amides is 2. The van der Waals surface area contributed by atoms with E-state index in [1.165, 1.54) is 55.5 Å². The molecule has 0 aliphatic rings. The molecule has 0 atom stereocenters. The predicted octanol–water partition coefficient (Wildman–Crippen LogP) is 3.04. The van der Waals surface area contributed by atoms with Gasteiger partial charge in [0.25, 0.3) is 5.91 Å². The highest BCUT2D eigenvalue weighted by Crippen LogP contribution is 2.17. The lowest BCUT2D eigenvalue weighted by Gasteiger charge is -2.08. The van der Waals surface area contributed by atoms with Crippen LogP contribution in [0.15, 0.2) is 48.5 Å². The fourth-order valence-electron chi connectivity index (χ4n) is 2.02. The van der Waals surface area contributed by atoms with Crippen molar-refractivity contribution in [1.82, 2.24) is 0 Å². The number of esters is 1. The predicted molar refractivity (Wildman–Crippen MR) is 92.7 cm³/mol. The average molecular weight is 378 g/mol. The van der Waals surface area contributed by atoms with Gasteiger partial charge in [0.1, 0.15) is 5.75 Å².